The van der Waals surface area contributed by atoms with Crippen LogP contribution in [0.5, 0.6) is 0 Å². The van der Waals surface area contributed by atoms with Crippen LogP contribution in [0.2, 0.25) is 0 Å². The van der Waals surface area contributed by atoms with Crippen molar-refractivity contribution in [2.45, 2.75) is 18.4 Å². The van der Waals surface area contributed by atoms with Gasteiger partial charge in [0.15, 0.2) is 0 Å². The van der Waals surface area contributed by atoms with E-state index in [-0.39, 0.29) is 17.4 Å². The normalized spacial score (nSPS) is 16.3. The average molecular weight is 245 g/mol. The number of hydrogen-bond donors (Lipinski definition) is 1. The van der Waals surface area contributed by atoms with Crippen molar-refractivity contribution in [1.29, 1.82) is 0 Å². The van der Waals surface area contributed by atoms with Gasteiger partial charge in [0.25, 0.3) is 0 Å². The molecule has 1 aliphatic carbocycles. The molecule has 1 amide bonds. The molecule has 0 atom stereocenters. The number of nitrogens with zero attached hydrogens (tertiary/aromatic N) is 2. The summed E-state index contributed by atoms with van der Waals surface area (Å²) in [4.78, 5) is 11.9. The molecule has 1 aliphatic rings. The molecule has 0 radical (unpaired) electrons. The van der Waals surface area contributed by atoms with Crippen LogP contribution >= 0.6 is 0 Å². The highest BCUT2D eigenvalue weighted by Crippen LogP contribution is 2.45. The Morgan fingerprint density at radius 2 is 2.06 bits per heavy atom. The first kappa shape index (κ1) is 11.0. The quantitative estimate of drug-likeness (QED) is 0.882. The van der Waals surface area contributed by atoms with E-state index in [0.717, 1.165) is 18.4 Å². The smallest absolute Gasteiger partial charge is 0.327 e. The van der Waals surface area contributed by atoms with Crippen molar-refractivity contribution >= 4 is 6.03 Å². The van der Waals surface area contributed by atoms with Crippen molar-refractivity contribution in [3.05, 3.63) is 54.1 Å². The van der Waals surface area contributed by atoms with Crippen LogP contribution in [-0.2, 0) is 5.54 Å². The molecule has 1 fully saturated rings. The maximum Gasteiger partial charge on any atom is 0.342 e. The fraction of sp³-hybridized carbons (Fsp3) is 0.231. The van der Waals surface area contributed by atoms with E-state index in [0.29, 0.717) is 0 Å². The second-order valence-electron chi connectivity index (χ2n) is 4.47. The Morgan fingerprint density at radius 1 is 1.33 bits per heavy atom. The summed E-state index contributed by atoms with van der Waals surface area (Å²) in [6.07, 6.45) is 4.88. The van der Waals surface area contributed by atoms with Crippen molar-refractivity contribution in [2.75, 3.05) is 0 Å². The Kier molecular flexibility index (Phi) is 2.40. The van der Waals surface area contributed by atoms with Gasteiger partial charge in [-0.05, 0) is 36.6 Å². The van der Waals surface area contributed by atoms with E-state index >= 15 is 0 Å². The number of benzene rings is 1. The summed E-state index contributed by atoms with van der Waals surface area (Å²) < 4.78 is 14.1. The summed E-state index contributed by atoms with van der Waals surface area (Å²) in [5.74, 6) is -0.270. The van der Waals surface area contributed by atoms with Crippen LogP contribution < -0.4 is 5.32 Å². The molecular formula is C13H12FN3O. The summed E-state index contributed by atoms with van der Waals surface area (Å²) in [5.41, 5.74) is 0.584. The summed E-state index contributed by atoms with van der Waals surface area (Å²) in [7, 11) is 0. The van der Waals surface area contributed by atoms with E-state index in [4.69, 9.17) is 0 Å². The van der Waals surface area contributed by atoms with Crippen LogP contribution in [-0.4, -0.2) is 15.8 Å². The fourth-order valence-electron chi connectivity index (χ4n) is 2.03. The van der Waals surface area contributed by atoms with Gasteiger partial charge in [0.2, 0.25) is 0 Å². The number of hydrogen-bond acceptors (Lipinski definition) is 2. The van der Waals surface area contributed by atoms with Crippen LogP contribution in [0.15, 0.2) is 42.7 Å². The molecule has 0 saturated heterocycles. The van der Waals surface area contributed by atoms with Crippen LogP contribution in [0.1, 0.15) is 18.4 Å². The summed E-state index contributed by atoms with van der Waals surface area (Å²) in [5, 5.41) is 6.83. The number of nitrogens with one attached hydrogen (secondary N) is 1. The van der Waals surface area contributed by atoms with Gasteiger partial charge < -0.3 is 5.32 Å². The fourth-order valence-corrected chi connectivity index (χ4v) is 2.03. The number of amides is 1. The monoisotopic (exact) mass is 245 g/mol. The van der Waals surface area contributed by atoms with Crippen LogP contribution in [0, 0.1) is 5.82 Å². The third-order valence-corrected chi connectivity index (χ3v) is 3.21. The van der Waals surface area contributed by atoms with E-state index in [1.54, 1.807) is 30.6 Å². The van der Waals surface area contributed by atoms with Crippen LogP contribution in [0.25, 0.3) is 0 Å². The lowest BCUT2D eigenvalue weighted by Gasteiger charge is -2.17. The van der Waals surface area contributed by atoms with E-state index in [9.17, 15) is 9.18 Å². The lowest BCUT2D eigenvalue weighted by atomic mass is 10.1. The molecule has 1 aromatic heterocycles. The predicted molar refractivity (Wildman–Crippen MR) is 63.5 cm³/mol. The van der Waals surface area contributed by atoms with Gasteiger partial charge in [-0.15, -0.1) is 0 Å². The third kappa shape index (κ3) is 1.88. The van der Waals surface area contributed by atoms with Crippen LogP contribution in [0.3, 0.4) is 0 Å². The van der Waals surface area contributed by atoms with Crippen molar-refractivity contribution in [1.82, 2.24) is 15.1 Å². The van der Waals surface area contributed by atoms with Gasteiger partial charge in [0.05, 0.1) is 5.54 Å². The molecule has 0 unspecified atom stereocenters. The number of halogens is 1. The van der Waals surface area contributed by atoms with Crippen molar-refractivity contribution in [3.8, 4) is 0 Å². The molecule has 1 N–H and O–H groups in total. The molecule has 5 heteroatoms. The minimum absolute atomic E-state index is 0.262. The first-order valence-corrected chi connectivity index (χ1v) is 5.78. The van der Waals surface area contributed by atoms with Gasteiger partial charge in [0, 0.05) is 12.4 Å². The zero-order valence-electron chi connectivity index (χ0n) is 9.64. The first-order chi connectivity index (χ1) is 8.70. The second kappa shape index (κ2) is 3.94. The van der Waals surface area contributed by atoms with Gasteiger partial charge in [0.1, 0.15) is 5.82 Å². The molecule has 92 valence electrons. The third-order valence-electron chi connectivity index (χ3n) is 3.21. The highest BCUT2D eigenvalue weighted by molar-refractivity contribution is 5.77. The molecule has 1 aromatic carbocycles. The molecule has 4 nitrogen and oxygen atoms in total. The molecule has 1 saturated carbocycles. The SMILES string of the molecule is O=C(NC1(c2ccc(F)cc2)CC1)n1cccn1. The predicted octanol–water partition coefficient (Wildman–Crippen LogP) is 2.27. The lowest BCUT2D eigenvalue weighted by molar-refractivity contribution is 0.234. The Balaban J connectivity index is 1.80. The number of carbonyl (C=O) groups excluding carboxylic acids is 1. The van der Waals surface area contributed by atoms with Gasteiger partial charge in [-0.1, -0.05) is 12.1 Å². The van der Waals surface area contributed by atoms with Gasteiger partial charge in [-0.3, -0.25) is 0 Å². The minimum Gasteiger partial charge on any atom is -0.327 e. The lowest BCUT2D eigenvalue weighted by Crippen LogP contribution is -2.38. The highest BCUT2D eigenvalue weighted by atomic mass is 19.1. The van der Waals surface area contributed by atoms with Gasteiger partial charge in [-0.25, -0.2) is 9.18 Å². The number of aromatic nitrogens is 2. The first-order valence-electron chi connectivity index (χ1n) is 5.78. The second-order valence-corrected chi connectivity index (χ2v) is 4.47. The summed E-state index contributed by atoms with van der Waals surface area (Å²) >= 11 is 0. The van der Waals surface area contributed by atoms with Crippen molar-refractivity contribution in [2.24, 2.45) is 0 Å². The standard InChI is InChI=1S/C13H12FN3O/c14-11-4-2-10(3-5-11)13(6-7-13)16-12(18)17-9-1-8-15-17/h1-5,8-9H,6-7H2,(H,16,18). The number of rotatable bonds is 2. The largest absolute Gasteiger partial charge is 0.342 e. The average Bonchev–Trinajstić information content (AvgIpc) is 2.94. The van der Waals surface area contributed by atoms with Gasteiger partial charge in [-0.2, -0.15) is 9.78 Å². The van der Waals surface area contributed by atoms with Crippen molar-refractivity contribution in [3.63, 3.8) is 0 Å². The summed E-state index contributed by atoms with van der Waals surface area (Å²) in [6, 6.07) is 7.68. The van der Waals surface area contributed by atoms with Crippen molar-refractivity contribution < 1.29 is 9.18 Å². The van der Waals surface area contributed by atoms with E-state index < -0.39 is 0 Å². The van der Waals surface area contributed by atoms with Crippen LogP contribution in [0.4, 0.5) is 9.18 Å². The molecule has 18 heavy (non-hydrogen) atoms. The van der Waals surface area contributed by atoms with E-state index in [2.05, 4.69) is 10.4 Å². The molecule has 0 spiro atoms. The molecular weight excluding hydrogens is 233 g/mol. The maximum atomic E-state index is 12.9. The van der Waals surface area contributed by atoms with E-state index in [1.807, 2.05) is 0 Å². The maximum absolute atomic E-state index is 12.9. The molecule has 2 aromatic rings. The Labute approximate surface area is 103 Å². The Hall–Kier alpha value is -2.17. The zero-order chi connectivity index (χ0) is 12.6. The highest BCUT2D eigenvalue weighted by Gasteiger charge is 2.45. The van der Waals surface area contributed by atoms with E-state index in [1.165, 1.54) is 16.8 Å². The molecule has 0 aliphatic heterocycles. The van der Waals surface area contributed by atoms with Gasteiger partial charge >= 0.3 is 6.03 Å². The Morgan fingerprint density at radius 3 is 2.61 bits per heavy atom. The topological polar surface area (TPSA) is 46.9 Å². The molecule has 0 bridgehead atoms. The minimum atomic E-state index is -0.350. The summed E-state index contributed by atoms with van der Waals surface area (Å²) in [6.45, 7) is 0. The molecule has 1 heterocycles. The molecule has 3 rings (SSSR count). The number of carbonyl (C=O) groups is 1. The Bertz CT molecular complexity index is 558. The zero-order valence-corrected chi connectivity index (χ0v) is 9.64.